The molecule has 0 bridgehead atoms. The van der Waals surface area contributed by atoms with Gasteiger partial charge < -0.3 is 5.32 Å². The van der Waals surface area contributed by atoms with Crippen LogP contribution in [-0.4, -0.2) is 24.0 Å². The van der Waals surface area contributed by atoms with Crippen LogP contribution in [0.4, 0.5) is 0 Å². The minimum atomic E-state index is 0.00588. The first kappa shape index (κ1) is 18.5. The summed E-state index contributed by atoms with van der Waals surface area (Å²) in [6.07, 6.45) is 0. The summed E-state index contributed by atoms with van der Waals surface area (Å²) in [5, 5.41) is 4.15. The van der Waals surface area contributed by atoms with E-state index in [1.54, 1.807) is 18.2 Å². The third-order valence-electron chi connectivity index (χ3n) is 2.93. The fourth-order valence-corrected chi connectivity index (χ4v) is 3.95. The SMILES string of the molecule is O=C(CSc1cc(Cl)ccc1Cl)NCCSCc1ccccc1. The average Bonchev–Trinajstić information content (AvgIpc) is 2.56. The quantitative estimate of drug-likeness (QED) is 0.503. The molecule has 0 aliphatic heterocycles. The van der Waals surface area contributed by atoms with E-state index in [2.05, 4.69) is 17.4 Å². The molecular weight excluding hydrogens is 369 g/mol. The van der Waals surface area contributed by atoms with Gasteiger partial charge in [0.2, 0.25) is 5.91 Å². The van der Waals surface area contributed by atoms with E-state index in [0.29, 0.717) is 22.3 Å². The summed E-state index contributed by atoms with van der Waals surface area (Å²) in [5.74, 6) is 2.20. The van der Waals surface area contributed by atoms with E-state index in [-0.39, 0.29) is 5.91 Å². The van der Waals surface area contributed by atoms with Crippen molar-refractivity contribution in [1.82, 2.24) is 5.32 Å². The van der Waals surface area contributed by atoms with Gasteiger partial charge in [-0.3, -0.25) is 4.79 Å². The average molecular weight is 386 g/mol. The zero-order valence-electron chi connectivity index (χ0n) is 12.4. The summed E-state index contributed by atoms with van der Waals surface area (Å²) in [7, 11) is 0. The molecule has 0 fully saturated rings. The third kappa shape index (κ3) is 7.08. The van der Waals surface area contributed by atoms with E-state index in [9.17, 15) is 4.79 Å². The van der Waals surface area contributed by atoms with Crippen molar-refractivity contribution in [1.29, 1.82) is 0 Å². The van der Waals surface area contributed by atoms with Crippen molar-refractivity contribution in [2.75, 3.05) is 18.1 Å². The van der Waals surface area contributed by atoms with Crippen LogP contribution in [-0.2, 0) is 10.5 Å². The minimum Gasteiger partial charge on any atom is -0.355 e. The maximum Gasteiger partial charge on any atom is 0.230 e. The van der Waals surface area contributed by atoms with E-state index < -0.39 is 0 Å². The van der Waals surface area contributed by atoms with Crippen LogP contribution in [0.25, 0.3) is 0 Å². The lowest BCUT2D eigenvalue weighted by Gasteiger charge is -2.07. The highest BCUT2D eigenvalue weighted by molar-refractivity contribution is 8.00. The van der Waals surface area contributed by atoms with Gasteiger partial charge in [-0.05, 0) is 23.8 Å². The molecule has 122 valence electrons. The smallest absolute Gasteiger partial charge is 0.230 e. The van der Waals surface area contributed by atoms with Crippen molar-refractivity contribution < 1.29 is 4.79 Å². The Morgan fingerprint density at radius 2 is 1.87 bits per heavy atom. The van der Waals surface area contributed by atoms with Crippen molar-refractivity contribution in [2.24, 2.45) is 0 Å². The lowest BCUT2D eigenvalue weighted by Crippen LogP contribution is -2.27. The molecule has 0 aliphatic carbocycles. The summed E-state index contributed by atoms with van der Waals surface area (Å²) in [5.41, 5.74) is 1.30. The maximum atomic E-state index is 11.8. The predicted molar refractivity (Wildman–Crippen MR) is 103 cm³/mol. The zero-order valence-corrected chi connectivity index (χ0v) is 15.6. The van der Waals surface area contributed by atoms with E-state index in [4.69, 9.17) is 23.2 Å². The van der Waals surface area contributed by atoms with Crippen LogP contribution in [0.3, 0.4) is 0 Å². The number of thioether (sulfide) groups is 2. The number of carbonyl (C=O) groups is 1. The monoisotopic (exact) mass is 385 g/mol. The first-order valence-corrected chi connectivity index (χ1v) is 10.0. The Morgan fingerprint density at radius 1 is 1.09 bits per heavy atom. The summed E-state index contributed by atoms with van der Waals surface area (Å²) in [6.45, 7) is 0.667. The van der Waals surface area contributed by atoms with Crippen molar-refractivity contribution in [3.63, 3.8) is 0 Å². The molecule has 2 aromatic rings. The Bertz CT molecular complexity index is 638. The van der Waals surface area contributed by atoms with Crippen LogP contribution >= 0.6 is 46.7 Å². The highest BCUT2D eigenvalue weighted by atomic mass is 35.5. The number of rotatable bonds is 8. The molecule has 0 unspecified atom stereocenters. The van der Waals surface area contributed by atoms with Crippen LogP contribution < -0.4 is 5.32 Å². The Labute approximate surface area is 155 Å². The van der Waals surface area contributed by atoms with Gasteiger partial charge in [-0.1, -0.05) is 53.5 Å². The van der Waals surface area contributed by atoms with Crippen LogP contribution in [0.15, 0.2) is 53.4 Å². The number of carbonyl (C=O) groups excluding carboxylic acids is 1. The van der Waals surface area contributed by atoms with Gasteiger partial charge in [0.1, 0.15) is 0 Å². The van der Waals surface area contributed by atoms with Gasteiger partial charge >= 0.3 is 0 Å². The fourth-order valence-electron chi connectivity index (χ4n) is 1.81. The van der Waals surface area contributed by atoms with Gasteiger partial charge in [0.25, 0.3) is 0 Å². The molecule has 0 atom stereocenters. The van der Waals surface area contributed by atoms with Crippen molar-refractivity contribution >= 4 is 52.6 Å². The molecule has 0 saturated carbocycles. The summed E-state index contributed by atoms with van der Waals surface area (Å²) < 4.78 is 0. The largest absolute Gasteiger partial charge is 0.355 e. The third-order valence-corrected chi connectivity index (χ3v) is 5.69. The second kappa shape index (κ2) is 10.1. The second-order valence-corrected chi connectivity index (χ2v) is 7.72. The number of nitrogens with one attached hydrogen (secondary N) is 1. The fraction of sp³-hybridized carbons (Fsp3) is 0.235. The first-order valence-electron chi connectivity index (χ1n) is 7.11. The molecule has 2 rings (SSSR count). The van der Waals surface area contributed by atoms with Crippen molar-refractivity contribution in [3.8, 4) is 0 Å². The van der Waals surface area contributed by atoms with Gasteiger partial charge in [-0.2, -0.15) is 11.8 Å². The molecule has 0 saturated heterocycles. The molecule has 0 heterocycles. The Morgan fingerprint density at radius 3 is 2.65 bits per heavy atom. The molecule has 6 heteroatoms. The van der Waals surface area contributed by atoms with Crippen LogP contribution in [0.2, 0.25) is 10.0 Å². The summed E-state index contributed by atoms with van der Waals surface area (Å²) >= 11 is 15.2. The van der Waals surface area contributed by atoms with Gasteiger partial charge in [0.15, 0.2) is 0 Å². The van der Waals surface area contributed by atoms with Crippen molar-refractivity contribution in [3.05, 3.63) is 64.1 Å². The van der Waals surface area contributed by atoms with Crippen LogP contribution in [0.1, 0.15) is 5.56 Å². The molecule has 0 spiro atoms. The molecule has 0 aromatic heterocycles. The van der Waals surface area contributed by atoms with Gasteiger partial charge in [-0.25, -0.2) is 0 Å². The number of benzene rings is 2. The topological polar surface area (TPSA) is 29.1 Å². The van der Waals surface area contributed by atoms with E-state index >= 15 is 0 Å². The molecule has 0 aliphatic rings. The number of hydrogen-bond acceptors (Lipinski definition) is 3. The van der Waals surface area contributed by atoms with Crippen LogP contribution in [0.5, 0.6) is 0 Å². The Hall–Kier alpha value is -0.810. The number of halogens is 2. The van der Waals surface area contributed by atoms with E-state index in [1.165, 1.54) is 17.3 Å². The molecule has 1 amide bonds. The van der Waals surface area contributed by atoms with Gasteiger partial charge in [0.05, 0.1) is 10.8 Å². The van der Waals surface area contributed by atoms with E-state index in [0.717, 1.165) is 16.4 Å². The predicted octanol–water partition coefficient (Wildman–Crippen LogP) is 5.14. The molecule has 0 radical (unpaired) electrons. The van der Waals surface area contributed by atoms with E-state index in [1.807, 2.05) is 30.0 Å². The maximum absolute atomic E-state index is 11.8. The Kier molecular flexibility index (Phi) is 8.17. The lowest BCUT2D eigenvalue weighted by atomic mass is 10.2. The number of hydrogen-bond donors (Lipinski definition) is 1. The first-order chi connectivity index (χ1) is 11.1. The molecular formula is C17H17Cl2NOS2. The molecule has 2 nitrogen and oxygen atoms in total. The summed E-state index contributed by atoms with van der Waals surface area (Å²) in [6, 6.07) is 15.6. The highest BCUT2D eigenvalue weighted by Gasteiger charge is 2.06. The van der Waals surface area contributed by atoms with Gasteiger partial charge in [0, 0.05) is 28.0 Å². The normalized spacial score (nSPS) is 10.5. The minimum absolute atomic E-state index is 0.00588. The zero-order chi connectivity index (χ0) is 16.5. The lowest BCUT2D eigenvalue weighted by molar-refractivity contribution is -0.118. The van der Waals surface area contributed by atoms with Gasteiger partial charge in [-0.15, -0.1) is 11.8 Å². The molecule has 1 N–H and O–H groups in total. The molecule has 2 aromatic carbocycles. The highest BCUT2D eigenvalue weighted by Crippen LogP contribution is 2.29. The molecule has 23 heavy (non-hydrogen) atoms. The Balaban J connectivity index is 1.61. The standard InChI is InChI=1S/C17H17Cl2NOS2/c18-14-6-7-15(19)16(10-14)23-12-17(21)20-8-9-22-11-13-4-2-1-3-5-13/h1-7,10H,8-9,11-12H2,(H,20,21). The van der Waals surface area contributed by atoms with Crippen molar-refractivity contribution in [2.45, 2.75) is 10.6 Å². The van der Waals surface area contributed by atoms with Crippen LogP contribution in [0, 0.1) is 0 Å². The summed E-state index contributed by atoms with van der Waals surface area (Å²) in [4.78, 5) is 12.7. The number of amides is 1. The second-order valence-electron chi connectivity index (χ2n) is 4.75.